The highest BCUT2D eigenvalue weighted by Crippen LogP contribution is 2.57. The molecule has 0 unspecified atom stereocenters. The molecular formula is C63H41NO. The van der Waals surface area contributed by atoms with E-state index >= 15 is 0 Å². The van der Waals surface area contributed by atoms with Gasteiger partial charge in [0.2, 0.25) is 0 Å². The maximum absolute atomic E-state index is 6.67. The molecule has 65 heavy (non-hydrogen) atoms. The second-order valence-electron chi connectivity index (χ2n) is 17.2. The van der Waals surface area contributed by atoms with E-state index in [2.05, 4.69) is 254 Å². The molecule has 1 aliphatic carbocycles. The Morgan fingerprint density at radius 2 is 0.908 bits per heavy atom. The molecule has 0 spiro atoms. The first-order valence-corrected chi connectivity index (χ1v) is 22.4. The first-order valence-electron chi connectivity index (χ1n) is 22.4. The summed E-state index contributed by atoms with van der Waals surface area (Å²) in [6.07, 6.45) is 0. The summed E-state index contributed by atoms with van der Waals surface area (Å²) in [7, 11) is 0. The number of nitrogens with zero attached hydrogens (tertiary/aromatic N) is 1. The van der Waals surface area contributed by atoms with Gasteiger partial charge in [0.05, 0.1) is 5.41 Å². The minimum absolute atomic E-state index is 0.529. The molecule has 1 aromatic heterocycles. The fraction of sp³-hybridized carbons (Fsp3) is 0.0159. The number of benzene rings is 11. The van der Waals surface area contributed by atoms with Crippen LogP contribution >= 0.6 is 0 Å². The van der Waals surface area contributed by atoms with E-state index in [0.29, 0.717) is 0 Å². The third kappa shape index (κ3) is 5.74. The van der Waals surface area contributed by atoms with E-state index in [4.69, 9.17) is 4.42 Å². The number of anilines is 3. The van der Waals surface area contributed by atoms with Gasteiger partial charge in [-0.25, -0.2) is 0 Å². The van der Waals surface area contributed by atoms with E-state index in [1.165, 1.54) is 60.7 Å². The Bertz CT molecular complexity index is 3730. The van der Waals surface area contributed by atoms with Gasteiger partial charge in [0.15, 0.2) is 0 Å². The Balaban J connectivity index is 1.03. The fourth-order valence-electron chi connectivity index (χ4n) is 10.9. The van der Waals surface area contributed by atoms with Gasteiger partial charge < -0.3 is 9.32 Å². The highest BCUT2D eigenvalue weighted by atomic mass is 16.3. The van der Waals surface area contributed by atoms with E-state index < -0.39 is 5.41 Å². The highest BCUT2D eigenvalue weighted by molar-refractivity contribution is 6.19. The molecule has 1 heterocycles. The quantitative estimate of drug-likeness (QED) is 0.159. The number of fused-ring (bicyclic) bond motifs is 9. The van der Waals surface area contributed by atoms with Crippen molar-refractivity contribution < 1.29 is 4.42 Å². The van der Waals surface area contributed by atoms with Crippen molar-refractivity contribution in [3.05, 3.63) is 271 Å². The van der Waals surface area contributed by atoms with Crippen LogP contribution in [0.2, 0.25) is 0 Å². The first-order chi connectivity index (χ1) is 32.2. The average molecular weight is 828 g/mol. The molecule has 0 N–H and O–H groups in total. The van der Waals surface area contributed by atoms with Crippen molar-refractivity contribution in [1.29, 1.82) is 0 Å². The first kappa shape index (κ1) is 37.1. The van der Waals surface area contributed by atoms with Crippen LogP contribution in [-0.2, 0) is 5.41 Å². The fourth-order valence-corrected chi connectivity index (χ4v) is 10.9. The Hall–Kier alpha value is -8.46. The van der Waals surface area contributed by atoms with Gasteiger partial charge >= 0.3 is 0 Å². The smallest absolute Gasteiger partial charge is 0.143 e. The molecule has 0 aliphatic heterocycles. The van der Waals surface area contributed by atoms with E-state index in [0.717, 1.165) is 55.5 Å². The summed E-state index contributed by atoms with van der Waals surface area (Å²) in [4.78, 5) is 2.43. The lowest BCUT2D eigenvalue weighted by atomic mass is 9.67. The van der Waals surface area contributed by atoms with Crippen LogP contribution in [0, 0.1) is 0 Å². The number of hydrogen-bond donors (Lipinski definition) is 0. The molecule has 13 rings (SSSR count). The maximum Gasteiger partial charge on any atom is 0.143 e. The molecule has 11 aromatic carbocycles. The summed E-state index contributed by atoms with van der Waals surface area (Å²) in [6, 6.07) is 90.9. The summed E-state index contributed by atoms with van der Waals surface area (Å²) in [5.41, 5.74) is 16.8. The van der Waals surface area contributed by atoms with Gasteiger partial charge in [-0.15, -0.1) is 0 Å². The van der Waals surface area contributed by atoms with Crippen LogP contribution in [0.1, 0.15) is 22.3 Å². The summed E-state index contributed by atoms with van der Waals surface area (Å²) >= 11 is 0. The molecule has 0 bridgehead atoms. The van der Waals surface area contributed by atoms with Crippen molar-refractivity contribution in [1.82, 2.24) is 0 Å². The van der Waals surface area contributed by atoms with E-state index in [9.17, 15) is 0 Å². The predicted molar refractivity (Wildman–Crippen MR) is 272 cm³/mol. The van der Waals surface area contributed by atoms with E-state index in [1.54, 1.807) is 0 Å². The lowest BCUT2D eigenvalue weighted by molar-refractivity contribution is 0.673. The third-order valence-corrected chi connectivity index (χ3v) is 13.7. The highest BCUT2D eigenvalue weighted by Gasteiger charge is 2.46. The van der Waals surface area contributed by atoms with Gasteiger partial charge in [-0.2, -0.15) is 0 Å². The van der Waals surface area contributed by atoms with Gasteiger partial charge in [0, 0.05) is 33.2 Å². The number of furan rings is 1. The van der Waals surface area contributed by atoms with Crippen molar-refractivity contribution in [3.63, 3.8) is 0 Å². The zero-order chi connectivity index (χ0) is 42.9. The van der Waals surface area contributed by atoms with Crippen molar-refractivity contribution in [2.24, 2.45) is 0 Å². The molecule has 1 aliphatic rings. The number of rotatable bonds is 7. The Labute approximate surface area is 377 Å². The van der Waals surface area contributed by atoms with Gasteiger partial charge in [0.1, 0.15) is 11.2 Å². The molecule has 0 saturated heterocycles. The van der Waals surface area contributed by atoms with Gasteiger partial charge in [0.25, 0.3) is 0 Å². The van der Waals surface area contributed by atoms with Crippen molar-refractivity contribution in [3.8, 4) is 33.4 Å². The lowest BCUT2D eigenvalue weighted by Gasteiger charge is -2.35. The van der Waals surface area contributed by atoms with Crippen LogP contribution in [0.25, 0.3) is 76.9 Å². The van der Waals surface area contributed by atoms with Crippen LogP contribution in [0.5, 0.6) is 0 Å². The molecule has 304 valence electrons. The molecule has 0 atom stereocenters. The zero-order valence-corrected chi connectivity index (χ0v) is 35.5. The Morgan fingerprint density at radius 1 is 0.323 bits per heavy atom. The summed E-state index contributed by atoms with van der Waals surface area (Å²) < 4.78 is 6.67. The normalized spacial score (nSPS) is 12.7. The minimum Gasteiger partial charge on any atom is -0.455 e. The molecule has 12 aromatic rings. The molecule has 0 saturated carbocycles. The molecule has 0 fully saturated rings. The van der Waals surface area contributed by atoms with Crippen LogP contribution in [0.4, 0.5) is 17.1 Å². The zero-order valence-electron chi connectivity index (χ0n) is 35.5. The molecule has 2 nitrogen and oxygen atoms in total. The van der Waals surface area contributed by atoms with Crippen molar-refractivity contribution >= 4 is 60.5 Å². The lowest BCUT2D eigenvalue weighted by Crippen LogP contribution is -2.28. The standard InChI is InChI=1S/C63H41NO/c1-3-20-46(21-4-1)63(47-22-5-2-6-23-47)58-30-12-11-27-55(58)56-39-37-50(41-59(56)63)64(48-35-32-44(33-36-48)52-28-14-18-42-16-7-9-25-51(42)52)49-24-13-19-45(40-49)53-29-15-31-60-61(53)57-38-34-43-17-8-10-26-54(43)62(57)65-60/h1-41H. The Kier molecular flexibility index (Phi) is 8.47. The van der Waals surface area contributed by atoms with Crippen LogP contribution in [0.15, 0.2) is 253 Å². The molecule has 0 radical (unpaired) electrons. The molecular weight excluding hydrogens is 787 g/mol. The second kappa shape index (κ2) is 14.8. The topological polar surface area (TPSA) is 16.4 Å². The van der Waals surface area contributed by atoms with Gasteiger partial charge in [-0.1, -0.05) is 200 Å². The van der Waals surface area contributed by atoms with Crippen LogP contribution < -0.4 is 4.90 Å². The minimum atomic E-state index is -0.529. The Morgan fingerprint density at radius 3 is 1.71 bits per heavy atom. The van der Waals surface area contributed by atoms with E-state index in [-0.39, 0.29) is 0 Å². The SMILES string of the molecule is c1ccc(C2(c3ccccc3)c3ccccc3-c3ccc(N(c4ccc(-c5cccc6ccccc56)cc4)c4cccc(-c5cccc6oc7c8ccccc8ccc7c56)c4)cc32)cc1. The third-order valence-electron chi connectivity index (χ3n) is 13.7. The van der Waals surface area contributed by atoms with Crippen molar-refractivity contribution in [2.75, 3.05) is 4.90 Å². The number of hydrogen-bond acceptors (Lipinski definition) is 2. The van der Waals surface area contributed by atoms with Gasteiger partial charge in [-0.05, 0) is 120 Å². The summed E-state index contributed by atoms with van der Waals surface area (Å²) in [5, 5.41) is 7.03. The monoisotopic (exact) mass is 827 g/mol. The van der Waals surface area contributed by atoms with Crippen molar-refractivity contribution in [2.45, 2.75) is 5.41 Å². The summed E-state index contributed by atoms with van der Waals surface area (Å²) in [5.74, 6) is 0. The molecule has 0 amide bonds. The summed E-state index contributed by atoms with van der Waals surface area (Å²) in [6.45, 7) is 0. The van der Waals surface area contributed by atoms with E-state index in [1.807, 2.05) is 0 Å². The van der Waals surface area contributed by atoms with Crippen LogP contribution in [0.3, 0.4) is 0 Å². The average Bonchev–Trinajstić information content (AvgIpc) is 3.91. The second-order valence-corrected chi connectivity index (χ2v) is 17.2. The van der Waals surface area contributed by atoms with Crippen LogP contribution in [-0.4, -0.2) is 0 Å². The largest absolute Gasteiger partial charge is 0.455 e. The predicted octanol–water partition coefficient (Wildman–Crippen LogP) is 17.1. The maximum atomic E-state index is 6.67. The van der Waals surface area contributed by atoms with Gasteiger partial charge in [-0.3, -0.25) is 0 Å². The molecule has 2 heteroatoms.